The van der Waals surface area contributed by atoms with Gasteiger partial charge in [-0.3, -0.25) is 4.79 Å². The molecule has 0 rings (SSSR count). The number of carbonyl (C=O) groups is 1. The van der Waals surface area contributed by atoms with Gasteiger partial charge in [0, 0.05) is 13.0 Å². The standard InChI is InChI=1S/C14H26N2O2/c1-4-6-7-8-13(18-3)11-12(5-2)14(17)16-10-9-15/h12-13H,4-8,10-11H2,1-3H3,(H,16,17)/t12-,13?/m1/s1. The Labute approximate surface area is 111 Å². The highest BCUT2D eigenvalue weighted by atomic mass is 16.5. The van der Waals surface area contributed by atoms with E-state index in [2.05, 4.69) is 12.2 Å². The van der Waals surface area contributed by atoms with Crippen LogP contribution >= 0.6 is 0 Å². The quantitative estimate of drug-likeness (QED) is 0.481. The van der Waals surface area contributed by atoms with Crippen molar-refractivity contribution >= 4 is 5.91 Å². The van der Waals surface area contributed by atoms with Gasteiger partial charge in [-0.15, -0.1) is 0 Å². The minimum absolute atomic E-state index is 0.0309. The molecule has 0 spiro atoms. The number of methoxy groups -OCH3 is 1. The predicted molar refractivity (Wildman–Crippen MR) is 72.0 cm³/mol. The third kappa shape index (κ3) is 7.29. The van der Waals surface area contributed by atoms with E-state index >= 15 is 0 Å². The molecule has 0 bridgehead atoms. The molecule has 4 nitrogen and oxygen atoms in total. The van der Waals surface area contributed by atoms with Gasteiger partial charge >= 0.3 is 0 Å². The van der Waals surface area contributed by atoms with E-state index in [9.17, 15) is 4.79 Å². The summed E-state index contributed by atoms with van der Waals surface area (Å²) in [5, 5.41) is 11.1. The number of amides is 1. The molecule has 0 fully saturated rings. The fourth-order valence-electron chi connectivity index (χ4n) is 2.00. The monoisotopic (exact) mass is 254 g/mol. The molecule has 4 heteroatoms. The van der Waals surface area contributed by atoms with Crippen molar-refractivity contribution in [3.05, 3.63) is 0 Å². The van der Waals surface area contributed by atoms with Gasteiger partial charge in [0.1, 0.15) is 6.54 Å². The van der Waals surface area contributed by atoms with E-state index in [0.29, 0.717) is 0 Å². The highest BCUT2D eigenvalue weighted by molar-refractivity contribution is 5.78. The smallest absolute Gasteiger partial charge is 0.224 e. The van der Waals surface area contributed by atoms with Gasteiger partial charge in [-0.1, -0.05) is 33.1 Å². The molecule has 0 aromatic carbocycles. The van der Waals surface area contributed by atoms with E-state index in [-0.39, 0.29) is 24.5 Å². The highest BCUT2D eigenvalue weighted by Gasteiger charge is 2.20. The Bertz CT molecular complexity index is 261. The average molecular weight is 254 g/mol. The molecule has 0 heterocycles. The number of hydrogen-bond donors (Lipinski definition) is 1. The summed E-state index contributed by atoms with van der Waals surface area (Å²) in [6.07, 6.45) is 6.22. The number of ether oxygens (including phenoxy) is 1. The van der Waals surface area contributed by atoms with Crippen LogP contribution in [0, 0.1) is 17.2 Å². The van der Waals surface area contributed by atoms with Gasteiger partial charge in [-0.25, -0.2) is 0 Å². The van der Waals surface area contributed by atoms with Crippen molar-refractivity contribution in [1.82, 2.24) is 5.32 Å². The Morgan fingerprint density at radius 2 is 2.11 bits per heavy atom. The molecule has 104 valence electrons. The van der Waals surface area contributed by atoms with Crippen molar-refractivity contribution in [1.29, 1.82) is 5.26 Å². The summed E-state index contributed by atoms with van der Waals surface area (Å²) < 4.78 is 5.44. The zero-order chi connectivity index (χ0) is 13.8. The van der Waals surface area contributed by atoms with Gasteiger partial charge < -0.3 is 10.1 Å². The van der Waals surface area contributed by atoms with Gasteiger partial charge in [0.2, 0.25) is 5.91 Å². The molecule has 0 saturated heterocycles. The molecular formula is C14H26N2O2. The van der Waals surface area contributed by atoms with Crippen LogP contribution in [0.4, 0.5) is 0 Å². The molecule has 1 amide bonds. The summed E-state index contributed by atoms with van der Waals surface area (Å²) >= 11 is 0. The lowest BCUT2D eigenvalue weighted by Gasteiger charge is -2.20. The highest BCUT2D eigenvalue weighted by Crippen LogP contribution is 2.18. The molecule has 0 aliphatic carbocycles. The maximum atomic E-state index is 11.8. The first-order chi connectivity index (χ1) is 8.69. The minimum Gasteiger partial charge on any atom is -0.381 e. The third-order valence-electron chi connectivity index (χ3n) is 3.22. The number of nitrogens with zero attached hydrogens (tertiary/aromatic N) is 1. The largest absolute Gasteiger partial charge is 0.381 e. The Hall–Kier alpha value is -1.08. The zero-order valence-corrected chi connectivity index (χ0v) is 11.9. The van der Waals surface area contributed by atoms with Crippen LogP contribution < -0.4 is 5.32 Å². The van der Waals surface area contributed by atoms with E-state index in [4.69, 9.17) is 10.00 Å². The minimum atomic E-state index is -0.0510. The van der Waals surface area contributed by atoms with E-state index in [1.54, 1.807) is 7.11 Å². The van der Waals surface area contributed by atoms with Gasteiger partial charge in [0.25, 0.3) is 0 Å². The van der Waals surface area contributed by atoms with Crippen LogP contribution in [0.3, 0.4) is 0 Å². The number of nitrogens with one attached hydrogen (secondary N) is 1. The van der Waals surface area contributed by atoms with Crippen molar-refractivity contribution in [3.8, 4) is 6.07 Å². The van der Waals surface area contributed by atoms with Crippen molar-refractivity contribution in [2.75, 3.05) is 13.7 Å². The number of carbonyl (C=O) groups excluding carboxylic acids is 1. The van der Waals surface area contributed by atoms with Gasteiger partial charge in [0.05, 0.1) is 12.2 Å². The normalized spacial score (nSPS) is 13.7. The Morgan fingerprint density at radius 1 is 1.39 bits per heavy atom. The fourth-order valence-corrected chi connectivity index (χ4v) is 2.00. The summed E-state index contributed by atoms with van der Waals surface area (Å²) in [5.74, 6) is -0.0819. The van der Waals surface area contributed by atoms with Crippen molar-refractivity contribution in [2.24, 2.45) is 5.92 Å². The number of unbranched alkanes of at least 4 members (excludes halogenated alkanes) is 2. The lowest BCUT2D eigenvalue weighted by Crippen LogP contribution is -2.33. The maximum absolute atomic E-state index is 11.8. The molecule has 0 saturated carbocycles. The second-order valence-electron chi connectivity index (χ2n) is 4.57. The summed E-state index contributed by atoms with van der Waals surface area (Å²) in [6.45, 7) is 4.25. The van der Waals surface area contributed by atoms with Crippen molar-refractivity contribution < 1.29 is 9.53 Å². The number of rotatable bonds is 10. The molecule has 18 heavy (non-hydrogen) atoms. The second-order valence-corrected chi connectivity index (χ2v) is 4.57. The average Bonchev–Trinajstić information content (AvgIpc) is 2.40. The Morgan fingerprint density at radius 3 is 2.61 bits per heavy atom. The lowest BCUT2D eigenvalue weighted by atomic mass is 9.95. The zero-order valence-electron chi connectivity index (χ0n) is 11.9. The van der Waals surface area contributed by atoms with Crippen LogP contribution in [-0.2, 0) is 9.53 Å². The van der Waals surface area contributed by atoms with Gasteiger partial charge in [-0.2, -0.15) is 5.26 Å². The Kier molecular flexibility index (Phi) is 10.4. The molecule has 1 unspecified atom stereocenters. The summed E-state index contributed by atoms with van der Waals surface area (Å²) in [7, 11) is 1.70. The van der Waals surface area contributed by atoms with Crippen molar-refractivity contribution in [2.45, 2.75) is 58.5 Å². The van der Waals surface area contributed by atoms with Crippen molar-refractivity contribution in [3.63, 3.8) is 0 Å². The Balaban J connectivity index is 4.13. The topological polar surface area (TPSA) is 62.1 Å². The molecular weight excluding hydrogens is 228 g/mol. The van der Waals surface area contributed by atoms with Crippen LogP contribution in [0.1, 0.15) is 52.4 Å². The van der Waals surface area contributed by atoms with Gasteiger partial charge in [0.15, 0.2) is 0 Å². The molecule has 0 aliphatic heterocycles. The third-order valence-corrected chi connectivity index (χ3v) is 3.22. The first-order valence-corrected chi connectivity index (χ1v) is 6.86. The van der Waals surface area contributed by atoms with Crippen LogP contribution in [-0.4, -0.2) is 25.7 Å². The van der Waals surface area contributed by atoms with E-state index in [0.717, 1.165) is 25.7 Å². The van der Waals surface area contributed by atoms with Crippen LogP contribution in [0.15, 0.2) is 0 Å². The van der Waals surface area contributed by atoms with E-state index < -0.39 is 0 Å². The second kappa shape index (κ2) is 11.0. The predicted octanol–water partition coefficient (Wildman–Crippen LogP) is 2.64. The molecule has 0 aromatic heterocycles. The van der Waals surface area contributed by atoms with Crippen LogP contribution in [0.5, 0.6) is 0 Å². The summed E-state index contributed by atoms with van der Waals surface area (Å²) in [4.78, 5) is 11.8. The van der Waals surface area contributed by atoms with Crippen LogP contribution in [0.2, 0.25) is 0 Å². The fraction of sp³-hybridized carbons (Fsp3) is 0.857. The molecule has 0 radical (unpaired) electrons. The van der Waals surface area contributed by atoms with Crippen LogP contribution in [0.25, 0.3) is 0 Å². The lowest BCUT2D eigenvalue weighted by molar-refractivity contribution is -0.126. The first kappa shape index (κ1) is 16.9. The van der Waals surface area contributed by atoms with Gasteiger partial charge in [-0.05, 0) is 19.3 Å². The van der Waals surface area contributed by atoms with E-state index in [1.807, 2.05) is 13.0 Å². The van der Waals surface area contributed by atoms with E-state index in [1.165, 1.54) is 12.8 Å². The summed E-state index contributed by atoms with van der Waals surface area (Å²) in [5.41, 5.74) is 0. The molecule has 2 atom stereocenters. The molecule has 0 aromatic rings. The maximum Gasteiger partial charge on any atom is 0.224 e. The number of nitriles is 1. The molecule has 1 N–H and O–H groups in total. The summed E-state index contributed by atoms with van der Waals surface area (Å²) in [6, 6.07) is 1.92. The molecule has 0 aliphatic rings. The SMILES string of the molecule is CCCCCC(C[C@@H](CC)C(=O)NCC#N)OC. The number of hydrogen-bond acceptors (Lipinski definition) is 3. The first-order valence-electron chi connectivity index (χ1n) is 6.86.